The van der Waals surface area contributed by atoms with E-state index in [4.69, 9.17) is 9.15 Å². The maximum atomic E-state index is 12.5. The number of hydrogen-bond acceptors (Lipinski definition) is 6. The first-order valence-corrected chi connectivity index (χ1v) is 13.0. The van der Waals surface area contributed by atoms with Crippen molar-refractivity contribution in [1.82, 2.24) is 9.21 Å². The van der Waals surface area contributed by atoms with Crippen molar-refractivity contribution in [2.75, 3.05) is 13.2 Å². The van der Waals surface area contributed by atoms with Gasteiger partial charge in [0.15, 0.2) is 0 Å². The van der Waals surface area contributed by atoms with E-state index in [0.29, 0.717) is 37.3 Å². The molecule has 0 saturated heterocycles. The van der Waals surface area contributed by atoms with Gasteiger partial charge in [-0.3, -0.25) is 13.9 Å². The third kappa shape index (κ3) is 5.74. The van der Waals surface area contributed by atoms with Gasteiger partial charge in [-0.25, -0.2) is 4.31 Å². The van der Waals surface area contributed by atoms with Crippen LogP contribution in [-0.2, 0) is 30.9 Å². The van der Waals surface area contributed by atoms with Gasteiger partial charge in [-0.15, -0.1) is 0 Å². The van der Waals surface area contributed by atoms with Crippen molar-refractivity contribution in [3.05, 3.63) is 63.7 Å². The zero-order valence-corrected chi connectivity index (χ0v) is 19.6. The molecule has 178 valence electrons. The summed E-state index contributed by atoms with van der Waals surface area (Å²) in [5.74, 6) is 1.72. The van der Waals surface area contributed by atoms with Crippen LogP contribution in [0.3, 0.4) is 0 Å². The summed E-state index contributed by atoms with van der Waals surface area (Å²) in [6.45, 7) is 3.47. The fourth-order valence-electron chi connectivity index (χ4n) is 5.10. The predicted molar refractivity (Wildman–Crippen MR) is 124 cm³/mol. The highest BCUT2D eigenvalue weighted by Crippen LogP contribution is 2.34. The van der Waals surface area contributed by atoms with Crippen LogP contribution >= 0.6 is 0 Å². The van der Waals surface area contributed by atoms with Crippen LogP contribution in [0.5, 0.6) is 5.75 Å². The SMILES string of the molecule is O=c1cc(CN2Cc3ccccc3C2)occ1OCC1CCC(CN(C2CC2)S(=O)[O-])CC1. The molecule has 1 aliphatic heterocycles. The van der Waals surface area contributed by atoms with Crippen LogP contribution in [-0.4, -0.2) is 37.2 Å². The highest BCUT2D eigenvalue weighted by atomic mass is 32.2. The summed E-state index contributed by atoms with van der Waals surface area (Å²) in [5.41, 5.74) is 2.52. The summed E-state index contributed by atoms with van der Waals surface area (Å²) in [7, 11) is 0. The van der Waals surface area contributed by atoms with Crippen LogP contribution < -0.4 is 10.2 Å². The Labute approximate surface area is 197 Å². The summed E-state index contributed by atoms with van der Waals surface area (Å²) >= 11 is -2.12. The Kier molecular flexibility index (Phi) is 6.97. The molecule has 1 aromatic heterocycles. The van der Waals surface area contributed by atoms with E-state index in [2.05, 4.69) is 29.2 Å². The minimum atomic E-state index is -2.12. The van der Waals surface area contributed by atoms with Crippen molar-refractivity contribution in [2.24, 2.45) is 11.8 Å². The normalized spacial score (nSPS) is 24.1. The second-order valence-electron chi connectivity index (χ2n) is 9.73. The Morgan fingerprint density at radius 3 is 2.33 bits per heavy atom. The van der Waals surface area contributed by atoms with E-state index in [9.17, 15) is 13.6 Å². The van der Waals surface area contributed by atoms with E-state index in [1.165, 1.54) is 17.4 Å². The summed E-state index contributed by atoms with van der Waals surface area (Å²) in [6, 6.07) is 10.2. The Balaban J connectivity index is 1.07. The van der Waals surface area contributed by atoms with Crippen LogP contribution in [0.1, 0.15) is 55.4 Å². The first-order valence-electron chi connectivity index (χ1n) is 11.9. The first-order chi connectivity index (χ1) is 16.0. The van der Waals surface area contributed by atoms with E-state index in [1.54, 1.807) is 10.4 Å². The second-order valence-corrected chi connectivity index (χ2v) is 10.6. The van der Waals surface area contributed by atoms with E-state index < -0.39 is 11.3 Å². The molecular weight excluding hydrogens is 440 g/mol. The third-order valence-electron chi connectivity index (χ3n) is 7.16. The van der Waals surface area contributed by atoms with Crippen molar-refractivity contribution in [3.63, 3.8) is 0 Å². The van der Waals surface area contributed by atoms with Crippen molar-refractivity contribution < 1.29 is 17.9 Å². The van der Waals surface area contributed by atoms with Gasteiger partial charge in [0, 0.05) is 43.0 Å². The fourth-order valence-corrected chi connectivity index (χ4v) is 5.89. The van der Waals surface area contributed by atoms with Gasteiger partial charge in [0.05, 0.1) is 13.2 Å². The Hall–Kier alpha value is -2.00. The maximum Gasteiger partial charge on any atom is 0.227 e. The average molecular weight is 472 g/mol. The van der Waals surface area contributed by atoms with Crippen LogP contribution in [0.25, 0.3) is 0 Å². The Morgan fingerprint density at radius 2 is 1.73 bits per heavy atom. The molecule has 2 aliphatic carbocycles. The molecule has 0 amide bonds. The minimum Gasteiger partial charge on any atom is -0.760 e. The number of rotatable bonds is 9. The largest absolute Gasteiger partial charge is 0.760 e. The van der Waals surface area contributed by atoms with E-state index >= 15 is 0 Å². The molecule has 1 aromatic carbocycles. The Morgan fingerprint density at radius 1 is 1.06 bits per heavy atom. The molecule has 1 unspecified atom stereocenters. The smallest absolute Gasteiger partial charge is 0.227 e. The van der Waals surface area contributed by atoms with Crippen molar-refractivity contribution >= 4 is 11.3 Å². The predicted octanol–water partition coefficient (Wildman–Crippen LogP) is 3.60. The van der Waals surface area contributed by atoms with E-state index in [0.717, 1.165) is 51.6 Å². The molecule has 0 N–H and O–H groups in total. The number of fused-ring (bicyclic) bond motifs is 1. The topological polar surface area (TPSA) is 86.1 Å². The van der Waals surface area contributed by atoms with Crippen molar-refractivity contribution in [1.29, 1.82) is 0 Å². The van der Waals surface area contributed by atoms with E-state index in [1.807, 2.05) is 0 Å². The lowest BCUT2D eigenvalue weighted by Crippen LogP contribution is -2.35. The minimum absolute atomic E-state index is 0.139. The molecule has 2 saturated carbocycles. The van der Waals surface area contributed by atoms with Gasteiger partial charge >= 0.3 is 0 Å². The molecule has 33 heavy (non-hydrogen) atoms. The molecular formula is C25H31N2O5S-. The number of hydrogen-bond donors (Lipinski definition) is 0. The third-order valence-corrected chi connectivity index (χ3v) is 7.99. The molecule has 7 nitrogen and oxygen atoms in total. The van der Waals surface area contributed by atoms with E-state index in [-0.39, 0.29) is 17.2 Å². The molecule has 8 heteroatoms. The highest BCUT2D eigenvalue weighted by Gasteiger charge is 2.32. The zero-order chi connectivity index (χ0) is 22.8. The molecule has 5 rings (SSSR count). The van der Waals surface area contributed by atoms with Gasteiger partial charge in [-0.05, 0) is 61.5 Å². The van der Waals surface area contributed by atoms with Gasteiger partial charge in [0.25, 0.3) is 0 Å². The van der Waals surface area contributed by atoms with Crippen molar-refractivity contribution in [3.8, 4) is 5.75 Å². The van der Waals surface area contributed by atoms with Crippen LogP contribution in [0.15, 0.2) is 45.8 Å². The number of benzene rings is 1. The van der Waals surface area contributed by atoms with Gasteiger partial charge in [0.1, 0.15) is 12.0 Å². The second kappa shape index (κ2) is 10.1. The quantitative estimate of drug-likeness (QED) is 0.520. The summed E-state index contributed by atoms with van der Waals surface area (Å²) in [4.78, 5) is 14.8. The monoisotopic (exact) mass is 471 g/mol. The standard InChI is InChI=1S/C25H32N2O5S/c28-24-11-23(15-26-13-20-3-1-2-4-21(20)14-26)31-17-25(24)32-16-19-7-5-18(6-8-19)12-27(33(29)30)22-9-10-22/h1-4,11,17-19,22H,5-10,12-16H2,(H,29,30)/p-1. The van der Waals surface area contributed by atoms with Gasteiger partial charge < -0.3 is 13.7 Å². The van der Waals surface area contributed by atoms with Gasteiger partial charge in [-0.2, -0.15) is 0 Å². The lowest BCUT2D eigenvalue weighted by molar-refractivity contribution is 0.165. The molecule has 0 bridgehead atoms. The van der Waals surface area contributed by atoms with Gasteiger partial charge in [0.2, 0.25) is 11.2 Å². The van der Waals surface area contributed by atoms with Crippen LogP contribution in [0.2, 0.25) is 0 Å². The maximum absolute atomic E-state index is 12.5. The first kappa shape index (κ1) is 22.8. The highest BCUT2D eigenvalue weighted by molar-refractivity contribution is 7.76. The zero-order valence-electron chi connectivity index (χ0n) is 18.8. The molecule has 1 atom stereocenters. The number of nitrogens with zero attached hydrogens (tertiary/aromatic N) is 2. The molecule has 0 radical (unpaired) electrons. The Bertz CT molecular complexity index is 1020. The van der Waals surface area contributed by atoms with Crippen LogP contribution in [0, 0.1) is 11.8 Å². The molecule has 2 heterocycles. The molecule has 2 aromatic rings. The van der Waals surface area contributed by atoms with Gasteiger partial charge in [-0.1, -0.05) is 24.3 Å². The van der Waals surface area contributed by atoms with Crippen molar-refractivity contribution in [2.45, 2.75) is 64.2 Å². The van der Waals surface area contributed by atoms with Crippen LogP contribution in [0.4, 0.5) is 0 Å². The summed E-state index contributed by atoms with van der Waals surface area (Å²) in [5, 5.41) is 0. The summed E-state index contributed by atoms with van der Waals surface area (Å²) in [6.07, 6.45) is 7.42. The molecule has 2 fully saturated rings. The summed E-state index contributed by atoms with van der Waals surface area (Å²) < 4.78 is 36.1. The average Bonchev–Trinajstić information content (AvgIpc) is 3.56. The molecule has 0 spiro atoms. The molecule has 3 aliphatic rings. The number of ether oxygens (including phenoxy) is 1. The fraction of sp³-hybridized carbons (Fsp3) is 0.560. The lowest BCUT2D eigenvalue weighted by Gasteiger charge is -2.33. The lowest BCUT2D eigenvalue weighted by atomic mass is 9.82.